The highest BCUT2D eigenvalue weighted by atomic mass is 16.5. The van der Waals surface area contributed by atoms with Crippen molar-refractivity contribution in [3.05, 3.63) is 34.4 Å². The van der Waals surface area contributed by atoms with E-state index in [0.29, 0.717) is 6.61 Å². The topological polar surface area (TPSA) is 26.3 Å². The first-order valence-electron chi connectivity index (χ1n) is 7.40. The highest BCUT2D eigenvalue weighted by molar-refractivity contribution is 5.66. The molecule has 0 spiro atoms. The minimum atomic E-state index is -0.223. The third kappa shape index (κ3) is 10.6. The maximum atomic E-state index is 10.6. The van der Waals surface area contributed by atoms with Crippen molar-refractivity contribution in [3.8, 4) is 0 Å². The lowest BCUT2D eigenvalue weighted by atomic mass is 10.0. The summed E-state index contributed by atoms with van der Waals surface area (Å²) in [6.45, 7) is 12.7. The molecule has 0 amide bonds. The number of carbonyl (C=O) groups excluding carboxylic acids is 1. The van der Waals surface area contributed by atoms with Gasteiger partial charge in [-0.15, -0.1) is 0 Å². The first-order chi connectivity index (χ1) is 9.32. The largest absolute Gasteiger partial charge is 0.462 e. The van der Waals surface area contributed by atoms with Crippen molar-refractivity contribution in [3.63, 3.8) is 0 Å². The molecule has 0 atom stereocenters. The predicted molar refractivity (Wildman–Crippen MR) is 86.7 cm³/mol. The Kier molecular flexibility index (Phi) is 9.79. The second kappa shape index (κ2) is 10.5. The van der Waals surface area contributed by atoms with Gasteiger partial charge in [0.2, 0.25) is 0 Å². The molecule has 0 radical (unpaired) electrons. The third-order valence-corrected chi connectivity index (χ3v) is 3.50. The van der Waals surface area contributed by atoms with Crippen LogP contribution in [0.2, 0.25) is 0 Å². The fourth-order valence-electron chi connectivity index (χ4n) is 1.69. The number of allylic oxidation sites excluding steroid dienone is 5. The van der Waals surface area contributed by atoms with E-state index < -0.39 is 0 Å². The van der Waals surface area contributed by atoms with Crippen LogP contribution in [0.4, 0.5) is 0 Å². The predicted octanol–water partition coefficient (Wildman–Crippen LogP) is 5.36. The lowest BCUT2D eigenvalue weighted by Gasteiger charge is -2.05. The van der Waals surface area contributed by atoms with Crippen molar-refractivity contribution in [2.45, 2.75) is 67.2 Å². The zero-order valence-electron chi connectivity index (χ0n) is 14.0. The van der Waals surface area contributed by atoms with E-state index in [-0.39, 0.29) is 5.97 Å². The van der Waals surface area contributed by atoms with Crippen LogP contribution >= 0.6 is 0 Å². The zero-order chi connectivity index (χ0) is 15.5. The lowest BCUT2D eigenvalue weighted by Crippen LogP contribution is -1.98. The summed E-state index contributed by atoms with van der Waals surface area (Å²) >= 11 is 0. The summed E-state index contributed by atoms with van der Waals surface area (Å²) in [6, 6.07) is 0. The fourth-order valence-corrected chi connectivity index (χ4v) is 1.69. The second-order valence-corrected chi connectivity index (χ2v) is 5.72. The molecule has 2 heteroatoms. The number of hydrogen-bond acceptors (Lipinski definition) is 2. The summed E-state index contributed by atoms with van der Waals surface area (Å²) in [5, 5.41) is 0. The Balaban J connectivity index is 3.99. The van der Waals surface area contributed by atoms with Crippen LogP contribution in [0, 0.1) is 0 Å². The Bertz CT molecular complexity index is 394. The summed E-state index contributed by atoms with van der Waals surface area (Å²) in [4.78, 5) is 10.6. The van der Waals surface area contributed by atoms with E-state index in [1.807, 2.05) is 6.08 Å². The molecule has 114 valence electrons. The van der Waals surface area contributed by atoms with E-state index in [4.69, 9.17) is 4.74 Å². The summed E-state index contributed by atoms with van der Waals surface area (Å²) in [5.41, 5.74) is 5.66. The van der Waals surface area contributed by atoms with Gasteiger partial charge in [-0.2, -0.15) is 0 Å². The molecule has 0 N–H and O–H groups in total. The number of carbonyl (C=O) groups is 1. The Morgan fingerprint density at radius 1 is 0.850 bits per heavy atom. The van der Waals surface area contributed by atoms with Gasteiger partial charge in [-0.1, -0.05) is 28.4 Å². The quantitative estimate of drug-likeness (QED) is 0.441. The molecule has 0 unspecified atom stereocenters. The van der Waals surface area contributed by atoms with Gasteiger partial charge in [0.15, 0.2) is 0 Å². The molecule has 0 aromatic heterocycles. The molecule has 0 bridgehead atoms. The Labute approximate surface area is 124 Å². The SMILES string of the molecule is CC(=O)OCC=C(C)CCC=C(C)CCC(C)=C(C)C. The van der Waals surface area contributed by atoms with Gasteiger partial charge in [0.1, 0.15) is 6.61 Å². The van der Waals surface area contributed by atoms with Gasteiger partial charge < -0.3 is 4.74 Å². The molecule has 20 heavy (non-hydrogen) atoms. The van der Waals surface area contributed by atoms with Crippen LogP contribution in [0.3, 0.4) is 0 Å². The monoisotopic (exact) mass is 278 g/mol. The van der Waals surface area contributed by atoms with E-state index in [1.54, 1.807) is 0 Å². The summed E-state index contributed by atoms with van der Waals surface area (Å²) in [6.07, 6.45) is 8.70. The molecular weight excluding hydrogens is 248 g/mol. The standard InChI is InChI=1S/C18H30O2/c1-14(2)17(5)11-10-15(3)8-7-9-16(4)12-13-20-18(6)19/h8,12H,7,9-11,13H2,1-6H3. The highest BCUT2D eigenvalue weighted by Crippen LogP contribution is 2.15. The van der Waals surface area contributed by atoms with Crippen LogP contribution in [0.1, 0.15) is 67.2 Å². The smallest absolute Gasteiger partial charge is 0.302 e. The van der Waals surface area contributed by atoms with Crippen molar-refractivity contribution < 1.29 is 9.53 Å². The van der Waals surface area contributed by atoms with Crippen molar-refractivity contribution >= 4 is 5.97 Å². The normalized spacial score (nSPS) is 12.3. The molecule has 0 aliphatic carbocycles. The summed E-state index contributed by atoms with van der Waals surface area (Å²) in [5.74, 6) is -0.223. The van der Waals surface area contributed by atoms with E-state index in [2.05, 4.69) is 40.7 Å². The van der Waals surface area contributed by atoms with Gasteiger partial charge in [-0.25, -0.2) is 0 Å². The average molecular weight is 278 g/mol. The van der Waals surface area contributed by atoms with Crippen LogP contribution in [-0.4, -0.2) is 12.6 Å². The minimum absolute atomic E-state index is 0.223. The highest BCUT2D eigenvalue weighted by Gasteiger charge is 1.96. The number of ether oxygens (including phenoxy) is 1. The van der Waals surface area contributed by atoms with E-state index in [1.165, 1.54) is 29.2 Å². The third-order valence-electron chi connectivity index (χ3n) is 3.50. The van der Waals surface area contributed by atoms with Gasteiger partial charge >= 0.3 is 5.97 Å². The molecule has 0 heterocycles. The number of esters is 1. The fraction of sp³-hybridized carbons (Fsp3) is 0.611. The van der Waals surface area contributed by atoms with Crippen molar-refractivity contribution in [1.82, 2.24) is 0 Å². The van der Waals surface area contributed by atoms with Crippen LogP contribution in [0.5, 0.6) is 0 Å². The number of hydrogen-bond donors (Lipinski definition) is 0. The van der Waals surface area contributed by atoms with Crippen molar-refractivity contribution in [2.75, 3.05) is 6.61 Å². The molecule has 0 aliphatic heterocycles. The van der Waals surface area contributed by atoms with Crippen molar-refractivity contribution in [2.24, 2.45) is 0 Å². The van der Waals surface area contributed by atoms with Crippen LogP contribution in [0.15, 0.2) is 34.4 Å². The molecule has 0 saturated carbocycles. The molecule has 0 fully saturated rings. The van der Waals surface area contributed by atoms with Gasteiger partial charge in [-0.3, -0.25) is 4.79 Å². The Hall–Kier alpha value is -1.31. The molecule has 0 aliphatic rings. The summed E-state index contributed by atoms with van der Waals surface area (Å²) < 4.78 is 4.89. The zero-order valence-corrected chi connectivity index (χ0v) is 14.0. The maximum Gasteiger partial charge on any atom is 0.302 e. The van der Waals surface area contributed by atoms with Gasteiger partial charge in [0, 0.05) is 6.92 Å². The molecule has 0 aromatic carbocycles. The van der Waals surface area contributed by atoms with Crippen LogP contribution < -0.4 is 0 Å². The van der Waals surface area contributed by atoms with Gasteiger partial charge in [-0.05, 0) is 66.4 Å². The lowest BCUT2D eigenvalue weighted by molar-refractivity contribution is -0.139. The van der Waals surface area contributed by atoms with E-state index >= 15 is 0 Å². The molecule has 0 saturated heterocycles. The maximum absolute atomic E-state index is 10.6. The molecular formula is C18H30O2. The Morgan fingerprint density at radius 3 is 2.00 bits per heavy atom. The van der Waals surface area contributed by atoms with Crippen LogP contribution in [0.25, 0.3) is 0 Å². The number of rotatable bonds is 8. The molecule has 0 rings (SSSR count). The van der Waals surface area contributed by atoms with Crippen LogP contribution in [-0.2, 0) is 9.53 Å². The minimum Gasteiger partial charge on any atom is -0.462 e. The first kappa shape index (κ1) is 18.7. The van der Waals surface area contributed by atoms with Gasteiger partial charge in [0.05, 0.1) is 0 Å². The second-order valence-electron chi connectivity index (χ2n) is 5.72. The van der Waals surface area contributed by atoms with E-state index in [9.17, 15) is 4.79 Å². The summed E-state index contributed by atoms with van der Waals surface area (Å²) in [7, 11) is 0. The Morgan fingerprint density at radius 2 is 1.45 bits per heavy atom. The molecule has 2 nitrogen and oxygen atoms in total. The first-order valence-corrected chi connectivity index (χ1v) is 7.40. The van der Waals surface area contributed by atoms with E-state index in [0.717, 1.165) is 25.7 Å². The van der Waals surface area contributed by atoms with Crippen molar-refractivity contribution in [1.29, 1.82) is 0 Å². The average Bonchev–Trinajstić information content (AvgIpc) is 2.35. The van der Waals surface area contributed by atoms with Gasteiger partial charge in [0.25, 0.3) is 0 Å². The molecule has 0 aromatic rings.